The van der Waals surface area contributed by atoms with Crippen LogP contribution in [0.15, 0.2) is 18.3 Å². The Bertz CT molecular complexity index is 363. The van der Waals surface area contributed by atoms with E-state index in [1.165, 1.54) is 0 Å². The fourth-order valence-electron chi connectivity index (χ4n) is 1.12. The van der Waals surface area contributed by atoms with E-state index >= 15 is 0 Å². The van der Waals surface area contributed by atoms with Crippen molar-refractivity contribution in [1.82, 2.24) is 15.3 Å². The molecule has 13 heavy (non-hydrogen) atoms. The summed E-state index contributed by atoms with van der Waals surface area (Å²) in [6, 6.07) is 3.91. The Balaban J connectivity index is 2.28. The average Bonchev–Trinajstić information content (AvgIpc) is 2.57. The first-order valence-electron chi connectivity index (χ1n) is 4.31. The van der Waals surface area contributed by atoms with Crippen LogP contribution in [0.3, 0.4) is 0 Å². The van der Waals surface area contributed by atoms with Crippen LogP contribution >= 0.6 is 11.3 Å². The van der Waals surface area contributed by atoms with Crippen molar-refractivity contribution >= 4 is 21.7 Å². The zero-order valence-corrected chi connectivity index (χ0v) is 8.27. The minimum Gasteiger partial charge on any atom is -0.311 e. The van der Waals surface area contributed by atoms with Gasteiger partial charge in [-0.2, -0.15) is 0 Å². The lowest BCUT2D eigenvalue weighted by Crippen LogP contribution is -2.11. The van der Waals surface area contributed by atoms with E-state index in [4.69, 9.17) is 0 Å². The largest absolute Gasteiger partial charge is 0.311 e. The number of nitrogens with one attached hydrogen (secondary N) is 1. The van der Waals surface area contributed by atoms with Crippen LogP contribution in [0.2, 0.25) is 0 Å². The number of fused-ring (bicyclic) bond motifs is 1. The highest BCUT2D eigenvalue weighted by Crippen LogP contribution is 2.18. The standard InChI is InChI=1S/C9H11N3S/c1-2-10-6-8-12-7-4-3-5-11-9(7)13-8/h3-5,10H,2,6H2,1H3. The topological polar surface area (TPSA) is 37.8 Å². The summed E-state index contributed by atoms with van der Waals surface area (Å²) in [6.07, 6.45) is 1.80. The van der Waals surface area contributed by atoms with Gasteiger partial charge in [0.1, 0.15) is 15.4 Å². The smallest absolute Gasteiger partial charge is 0.143 e. The zero-order chi connectivity index (χ0) is 9.10. The molecule has 0 unspecified atom stereocenters. The molecule has 0 aliphatic carbocycles. The Morgan fingerprint density at radius 2 is 2.46 bits per heavy atom. The van der Waals surface area contributed by atoms with E-state index in [9.17, 15) is 0 Å². The van der Waals surface area contributed by atoms with E-state index in [2.05, 4.69) is 22.2 Å². The molecule has 0 aliphatic rings. The van der Waals surface area contributed by atoms with Crippen LogP contribution in [0.1, 0.15) is 11.9 Å². The Labute approximate surface area is 80.8 Å². The number of nitrogens with zero attached hydrogens (tertiary/aromatic N) is 2. The Hall–Kier alpha value is -1.00. The maximum Gasteiger partial charge on any atom is 0.143 e. The first-order chi connectivity index (χ1) is 6.40. The number of aromatic nitrogens is 2. The Morgan fingerprint density at radius 3 is 3.23 bits per heavy atom. The van der Waals surface area contributed by atoms with Crippen LogP contribution in [-0.2, 0) is 6.54 Å². The third-order valence-corrected chi connectivity index (χ3v) is 2.72. The van der Waals surface area contributed by atoms with E-state index in [1.807, 2.05) is 12.1 Å². The van der Waals surface area contributed by atoms with Crippen molar-refractivity contribution in [2.75, 3.05) is 6.54 Å². The summed E-state index contributed by atoms with van der Waals surface area (Å²) in [5, 5.41) is 4.35. The summed E-state index contributed by atoms with van der Waals surface area (Å²) in [7, 11) is 0. The molecule has 2 aromatic heterocycles. The highest BCUT2D eigenvalue weighted by atomic mass is 32.1. The minimum absolute atomic E-state index is 0.845. The van der Waals surface area contributed by atoms with Gasteiger partial charge < -0.3 is 5.32 Å². The molecule has 1 N–H and O–H groups in total. The highest BCUT2D eigenvalue weighted by Gasteiger charge is 2.02. The van der Waals surface area contributed by atoms with E-state index < -0.39 is 0 Å². The van der Waals surface area contributed by atoms with E-state index in [0.717, 1.165) is 28.4 Å². The lowest BCUT2D eigenvalue weighted by atomic mass is 10.5. The van der Waals surface area contributed by atoms with Crippen LogP contribution < -0.4 is 5.32 Å². The van der Waals surface area contributed by atoms with Crippen molar-refractivity contribution < 1.29 is 0 Å². The van der Waals surface area contributed by atoms with Gasteiger partial charge in [0.2, 0.25) is 0 Å². The van der Waals surface area contributed by atoms with Crippen LogP contribution in [-0.4, -0.2) is 16.5 Å². The van der Waals surface area contributed by atoms with Gasteiger partial charge in [0.05, 0.1) is 0 Å². The van der Waals surface area contributed by atoms with E-state index in [-0.39, 0.29) is 0 Å². The van der Waals surface area contributed by atoms with Gasteiger partial charge in [-0.15, -0.1) is 0 Å². The molecule has 4 heteroatoms. The van der Waals surface area contributed by atoms with Crippen LogP contribution in [0.4, 0.5) is 0 Å². The fourth-order valence-corrected chi connectivity index (χ4v) is 2.00. The monoisotopic (exact) mass is 193 g/mol. The van der Waals surface area contributed by atoms with Gasteiger partial charge in [-0.3, -0.25) is 0 Å². The number of hydrogen-bond acceptors (Lipinski definition) is 4. The van der Waals surface area contributed by atoms with Crippen LogP contribution in [0.5, 0.6) is 0 Å². The molecular formula is C9H11N3S. The second-order valence-corrected chi connectivity index (χ2v) is 3.78. The van der Waals surface area contributed by atoms with Crippen molar-refractivity contribution in [2.24, 2.45) is 0 Å². The number of rotatable bonds is 3. The minimum atomic E-state index is 0.845. The van der Waals surface area contributed by atoms with Crippen molar-refractivity contribution in [3.8, 4) is 0 Å². The SMILES string of the molecule is CCNCc1nc2cccnc2s1. The van der Waals surface area contributed by atoms with Crippen molar-refractivity contribution in [3.05, 3.63) is 23.3 Å². The zero-order valence-electron chi connectivity index (χ0n) is 7.45. The summed E-state index contributed by atoms with van der Waals surface area (Å²) in [6.45, 7) is 3.91. The molecule has 3 nitrogen and oxygen atoms in total. The molecule has 0 atom stereocenters. The molecule has 0 spiro atoms. The Kier molecular flexibility index (Phi) is 2.52. The van der Waals surface area contributed by atoms with E-state index in [1.54, 1.807) is 17.5 Å². The van der Waals surface area contributed by atoms with Gasteiger partial charge in [-0.1, -0.05) is 18.3 Å². The Morgan fingerprint density at radius 1 is 1.54 bits per heavy atom. The lowest BCUT2D eigenvalue weighted by molar-refractivity contribution is 0.724. The predicted molar refractivity (Wildman–Crippen MR) is 54.8 cm³/mol. The molecule has 2 aromatic rings. The molecule has 0 bridgehead atoms. The normalized spacial score (nSPS) is 10.8. The van der Waals surface area contributed by atoms with E-state index in [0.29, 0.717) is 0 Å². The second kappa shape index (κ2) is 3.81. The van der Waals surface area contributed by atoms with Crippen LogP contribution in [0.25, 0.3) is 10.3 Å². The third kappa shape index (κ3) is 1.84. The van der Waals surface area contributed by atoms with Crippen molar-refractivity contribution in [3.63, 3.8) is 0 Å². The average molecular weight is 193 g/mol. The molecule has 0 amide bonds. The van der Waals surface area contributed by atoms with Crippen molar-refractivity contribution in [2.45, 2.75) is 13.5 Å². The third-order valence-electron chi connectivity index (χ3n) is 1.74. The molecule has 0 saturated heterocycles. The first-order valence-corrected chi connectivity index (χ1v) is 5.13. The van der Waals surface area contributed by atoms with Crippen LogP contribution in [0, 0.1) is 0 Å². The van der Waals surface area contributed by atoms with Gasteiger partial charge >= 0.3 is 0 Å². The number of hydrogen-bond donors (Lipinski definition) is 1. The van der Waals surface area contributed by atoms with Crippen molar-refractivity contribution in [1.29, 1.82) is 0 Å². The molecular weight excluding hydrogens is 182 g/mol. The summed E-state index contributed by atoms with van der Waals surface area (Å²) >= 11 is 1.65. The number of thiazole rings is 1. The molecule has 2 rings (SSSR count). The molecule has 0 saturated carbocycles. The summed E-state index contributed by atoms with van der Waals surface area (Å²) in [5.41, 5.74) is 1.00. The predicted octanol–water partition coefficient (Wildman–Crippen LogP) is 1.80. The quantitative estimate of drug-likeness (QED) is 0.807. The maximum atomic E-state index is 4.44. The number of pyridine rings is 1. The molecule has 0 aromatic carbocycles. The summed E-state index contributed by atoms with van der Waals surface area (Å²) in [4.78, 5) is 9.71. The lowest BCUT2D eigenvalue weighted by Gasteiger charge is -1.93. The second-order valence-electron chi connectivity index (χ2n) is 2.72. The summed E-state index contributed by atoms with van der Waals surface area (Å²) in [5.74, 6) is 0. The molecule has 0 aliphatic heterocycles. The summed E-state index contributed by atoms with van der Waals surface area (Å²) < 4.78 is 0. The molecule has 2 heterocycles. The molecule has 0 fully saturated rings. The first kappa shape index (κ1) is 8.59. The van der Waals surface area contributed by atoms with Gasteiger partial charge in [-0.25, -0.2) is 9.97 Å². The van der Waals surface area contributed by atoms with Gasteiger partial charge in [0, 0.05) is 12.7 Å². The maximum absolute atomic E-state index is 4.44. The molecule has 0 radical (unpaired) electrons. The van der Waals surface area contributed by atoms with Gasteiger partial charge in [0.25, 0.3) is 0 Å². The van der Waals surface area contributed by atoms with Gasteiger partial charge in [-0.05, 0) is 18.7 Å². The fraction of sp³-hybridized carbons (Fsp3) is 0.333. The molecule has 68 valence electrons. The highest BCUT2D eigenvalue weighted by molar-refractivity contribution is 7.18. The van der Waals surface area contributed by atoms with Gasteiger partial charge in [0.15, 0.2) is 0 Å².